The summed E-state index contributed by atoms with van der Waals surface area (Å²) >= 11 is 0. The third-order valence-corrected chi connectivity index (χ3v) is 2.66. The van der Waals surface area contributed by atoms with Gasteiger partial charge in [-0.05, 0) is 22.4 Å². The molecule has 1 aliphatic rings. The van der Waals surface area contributed by atoms with E-state index in [1.54, 1.807) is 0 Å². The predicted molar refractivity (Wildman–Crippen MR) is 56.8 cm³/mol. The molecule has 3 rings (SSSR count). The topological polar surface area (TPSA) is 41.8 Å². The molecule has 3 heteroatoms. The van der Waals surface area contributed by atoms with Crippen molar-refractivity contribution in [2.24, 2.45) is 10.2 Å². The molecule has 2 aromatic carbocycles. The standard InChI is InChI=1S/C12H8N2O/c15-12-10-6-5-8-3-1-2-4-9(8)11(10)7-13-14-12/h1-6H,7H2. The highest BCUT2D eigenvalue weighted by Gasteiger charge is 2.16. The first kappa shape index (κ1) is 8.29. The van der Waals surface area contributed by atoms with Crippen molar-refractivity contribution < 1.29 is 4.79 Å². The second-order valence-corrected chi connectivity index (χ2v) is 3.52. The van der Waals surface area contributed by atoms with Crippen molar-refractivity contribution in [1.82, 2.24) is 0 Å². The number of carbonyl (C=O) groups is 1. The molecule has 1 amide bonds. The van der Waals surface area contributed by atoms with E-state index < -0.39 is 0 Å². The van der Waals surface area contributed by atoms with Crippen LogP contribution in [0.3, 0.4) is 0 Å². The molecule has 0 fully saturated rings. The van der Waals surface area contributed by atoms with Gasteiger partial charge < -0.3 is 0 Å². The fourth-order valence-electron chi connectivity index (χ4n) is 1.93. The summed E-state index contributed by atoms with van der Waals surface area (Å²) < 4.78 is 0. The van der Waals surface area contributed by atoms with E-state index in [2.05, 4.69) is 10.2 Å². The van der Waals surface area contributed by atoms with Crippen LogP contribution < -0.4 is 0 Å². The summed E-state index contributed by atoms with van der Waals surface area (Å²) in [5, 5.41) is 9.63. The maximum atomic E-state index is 11.5. The molecule has 0 aliphatic carbocycles. The summed E-state index contributed by atoms with van der Waals surface area (Å²) in [6.45, 7) is 0.502. The van der Waals surface area contributed by atoms with Crippen molar-refractivity contribution in [3.8, 4) is 0 Å². The second kappa shape index (κ2) is 2.98. The van der Waals surface area contributed by atoms with Crippen LogP contribution in [0, 0.1) is 0 Å². The maximum Gasteiger partial charge on any atom is 0.295 e. The zero-order valence-corrected chi connectivity index (χ0v) is 7.97. The van der Waals surface area contributed by atoms with Crippen LogP contribution >= 0.6 is 0 Å². The fraction of sp³-hybridized carbons (Fsp3) is 0.0833. The third-order valence-electron chi connectivity index (χ3n) is 2.66. The van der Waals surface area contributed by atoms with Gasteiger partial charge in [0.15, 0.2) is 0 Å². The molecule has 0 unspecified atom stereocenters. The number of rotatable bonds is 0. The summed E-state index contributed by atoms with van der Waals surface area (Å²) in [4.78, 5) is 11.5. The van der Waals surface area contributed by atoms with Crippen molar-refractivity contribution in [1.29, 1.82) is 0 Å². The molecule has 3 nitrogen and oxygen atoms in total. The first-order valence-electron chi connectivity index (χ1n) is 4.79. The highest BCUT2D eigenvalue weighted by Crippen LogP contribution is 2.26. The van der Waals surface area contributed by atoms with Crippen molar-refractivity contribution in [2.45, 2.75) is 6.54 Å². The minimum atomic E-state index is -0.234. The number of hydrogen-bond acceptors (Lipinski definition) is 2. The lowest BCUT2D eigenvalue weighted by atomic mass is 9.98. The van der Waals surface area contributed by atoms with Crippen molar-refractivity contribution in [3.05, 3.63) is 47.5 Å². The molecular weight excluding hydrogens is 188 g/mol. The van der Waals surface area contributed by atoms with E-state index in [0.29, 0.717) is 12.1 Å². The maximum absolute atomic E-state index is 11.5. The van der Waals surface area contributed by atoms with E-state index >= 15 is 0 Å². The average molecular weight is 196 g/mol. The van der Waals surface area contributed by atoms with Gasteiger partial charge in [0, 0.05) is 5.56 Å². The molecule has 0 aromatic heterocycles. The largest absolute Gasteiger partial charge is 0.295 e. The minimum absolute atomic E-state index is 0.234. The molecule has 1 heterocycles. The molecule has 0 N–H and O–H groups in total. The Morgan fingerprint density at radius 3 is 2.87 bits per heavy atom. The molecule has 0 radical (unpaired) electrons. The normalized spacial score (nSPS) is 14.3. The first-order valence-corrected chi connectivity index (χ1v) is 4.79. The number of fused-ring (bicyclic) bond motifs is 3. The van der Waals surface area contributed by atoms with Gasteiger partial charge in [-0.15, -0.1) is 5.11 Å². The number of carbonyl (C=O) groups excluding carboxylic acids is 1. The van der Waals surface area contributed by atoms with Crippen LogP contribution in [0.2, 0.25) is 0 Å². The molecule has 0 atom stereocenters. The van der Waals surface area contributed by atoms with Crippen LogP contribution in [0.1, 0.15) is 15.9 Å². The Hall–Kier alpha value is -2.03. The van der Waals surface area contributed by atoms with Gasteiger partial charge in [0.05, 0.1) is 6.54 Å². The number of benzene rings is 2. The van der Waals surface area contributed by atoms with Crippen LogP contribution in [-0.2, 0) is 6.54 Å². The SMILES string of the molecule is O=C1N=NCc2c1ccc1ccccc21. The Balaban J connectivity index is 2.41. The van der Waals surface area contributed by atoms with Gasteiger partial charge in [-0.2, -0.15) is 5.11 Å². The Morgan fingerprint density at radius 1 is 1.07 bits per heavy atom. The van der Waals surface area contributed by atoms with E-state index in [1.807, 2.05) is 36.4 Å². The van der Waals surface area contributed by atoms with Gasteiger partial charge in [-0.25, -0.2) is 0 Å². The van der Waals surface area contributed by atoms with Crippen molar-refractivity contribution >= 4 is 16.7 Å². The van der Waals surface area contributed by atoms with Crippen molar-refractivity contribution in [2.75, 3.05) is 0 Å². The molecule has 0 saturated carbocycles. The van der Waals surface area contributed by atoms with Gasteiger partial charge in [0.25, 0.3) is 5.91 Å². The Kier molecular flexibility index (Phi) is 1.65. The number of amides is 1. The number of hydrogen-bond donors (Lipinski definition) is 0. The molecule has 72 valence electrons. The van der Waals surface area contributed by atoms with Gasteiger partial charge in [-0.3, -0.25) is 4.79 Å². The summed E-state index contributed by atoms with van der Waals surface area (Å²) in [7, 11) is 0. The fourth-order valence-corrected chi connectivity index (χ4v) is 1.93. The molecule has 1 aliphatic heterocycles. The zero-order chi connectivity index (χ0) is 10.3. The lowest BCUT2D eigenvalue weighted by Gasteiger charge is -2.11. The monoisotopic (exact) mass is 196 g/mol. The average Bonchev–Trinajstić information content (AvgIpc) is 2.29. The Bertz CT molecular complexity index is 587. The molecule has 0 spiro atoms. The quantitative estimate of drug-likeness (QED) is 0.638. The predicted octanol–water partition coefficient (Wildman–Crippen LogP) is 2.95. The van der Waals surface area contributed by atoms with Crippen LogP contribution in [0.15, 0.2) is 46.6 Å². The van der Waals surface area contributed by atoms with Crippen LogP contribution in [0.5, 0.6) is 0 Å². The summed E-state index contributed by atoms with van der Waals surface area (Å²) in [6, 6.07) is 11.8. The first-order chi connectivity index (χ1) is 7.36. The molecule has 15 heavy (non-hydrogen) atoms. The van der Waals surface area contributed by atoms with E-state index in [1.165, 1.54) is 0 Å². The van der Waals surface area contributed by atoms with Crippen LogP contribution in [0.4, 0.5) is 0 Å². The number of nitrogens with zero attached hydrogens (tertiary/aromatic N) is 2. The lowest BCUT2D eigenvalue weighted by Crippen LogP contribution is -2.05. The molecule has 0 bridgehead atoms. The second-order valence-electron chi connectivity index (χ2n) is 3.52. The summed E-state index contributed by atoms with van der Waals surface area (Å²) in [5.74, 6) is -0.234. The van der Waals surface area contributed by atoms with E-state index in [-0.39, 0.29) is 5.91 Å². The highest BCUT2D eigenvalue weighted by molar-refractivity contribution is 6.02. The Labute approximate surface area is 86.4 Å². The van der Waals surface area contributed by atoms with E-state index in [9.17, 15) is 4.79 Å². The number of azo groups is 1. The van der Waals surface area contributed by atoms with Gasteiger partial charge in [0.1, 0.15) is 0 Å². The van der Waals surface area contributed by atoms with Crippen molar-refractivity contribution in [3.63, 3.8) is 0 Å². The highest BCUT2D eigenvalue weighted by atomic mass is 16.1. The minimum Gasteiger partial charge on any atom is -0.265 e. The molecule has 0 saturated heterocycles. The third kappa shape index (κ3) is 1.16. The van der Waals surface area contributed by atoms with Gasteiger partial charge in [-0.1, -0.05) is 30.3 Å². The molecular formula is C12H8N2O. The van der Waals surface area contributed by atoms with Gasteiger partial charge >= 0.3 is 0 Å². The Morgan fingerprint density at radius 2 is 1.93 bits per heavy atom. The molecule has 2 aromatic rings. The summed E-state index contributed by atoms with van der Waals surface area (Å²) in [6.07, 6.45) is 0. The van der Waals surface area contributed by atoms with E-state index in [0.717, 1.165) is 16.3 Å². The van der Waals surface area contributed by atoms with E-state index in [4.69, 9.17) is 0 Å². The zero-order valence-electron chi connectivity index (χ0n) is 7.97. The van der Waals surface area contributed by atoms with Gasteiger partial charge in [0.2, 0.25) is 0 Å². The van der Waals surface area contributed by atoms with Crippen LogP contribution in [0.25, 0.3) is 10.8 Å². The smallest absolute Gasteiger partial charge is 0.265 e. The lowest BCUT2D eigenvalue weighted by molar-refractivity contribution is 0.0988. The van der Waals surface area contributed by atoms with Crippen LogP contribution in [-0.4, -0.2) is 5.91 Å². The summed E-state index contributed by atoms with van der Waals surface area (Å²) in [5.41, 5.74) is 1.68.